The Bertz CT molecular complexity index is 1570. The highest BCUT2D eigenvalue weighted by Gasteiger charge is 2.37. The Hall–Kier alpha value is -4.08. The fraction of sp³-hybridized carbons (Fsp3) is 0.0385. The summed E-state index contributed by atoms with van der Waals surface area (Å²) in [6, 6.07) is 24.1. The van der Waals surface area contributed by atoms with Crippen molar-refractivity contribution in [2.75, 3.05) is 5.32 Å². The van der Waals surface area contributed by atoms with E-state index in [9.17, 15) is 18.0 Å². The molecule has 176 valence electrons. The summed E-state index contributed by atoms with van der Waals surface area (Å²) >= 11 is 4.80. The lowest BCUT2D eigenvalue weighted by Crippen LogP contribution is -2.42. The molecule has 7 nitrogen and oxygen atoms in total. The number of hydrogen-bond acceptors (Lipinski definition) is 5. The number of rotatable bonds is 5. The molecule has 0 atom stereocenters. The van der Waals surface area contributed by atoms with E-state index in [-0.39, 0.29) is 21.1 Å². The van der Waals surface area contributed by atoms with E-state index in [0.29, 0.717) is 15.6 Å². The Morgan fingerprint density at radius 3 is 2.11 bits per heavy atom. The zero-order chi connectivity index (χ0) is 25.2. The molecule has 0 spiro atoms. The third-order valence-electron chi connectivity index (χ3n) is 5.40. The van der Waals surface area contributed by atoms with Gasteiger partial charge in [0.1, 0.15) is 0 Å². The number of amides is 2. The number of thiocarbonyl (C=S) groups is 1. The van der Waals surface area contributed by atoms with Gasteiger partial charge >= 0.3 is 0 Å². The summed E-state index contributed by atoms with van der Waals surface area (Å²) in [4.78, 5) is 26.9. The van der Waals surface area contributed by atoms with E-state index in [1.165, 1.54) is 36.4 Å². The Morgan fingerprint density at radius 1 is 0.829 bits per heavy atom. The van der Waals surface area contributed by atoms with Crippen molar-refractivity contribution in [3.8, 4) is 0 Å². The summed E-state index contributed by atoms with van der Waals surface area (Å²) in [7, 11) is -4.57. The van der Waals surface area contributed by atoms with Gasteiger partial charge in [-0.2, -0.15) is 4.31 Å². The van der Waals surface area contributed by atoms with Gasteiger partial charge < -0.3 is 11.1 Å². The lowest BCUT2D eigenvalue weighted by molar-refractivity contribution is 0.0730. The van der Waals surface area contributed by atoms with Crippen LogP contribution in [0.4, 0.5) is 5.69 Å². The Kier molecular flexibility index (Phi) is 6.63. The van der Waals surface area contributed by atoms with Crippen LogP contribution < -0.4 is 11.1 Å². The average Bonchev–Trinajstić information content (AvgIpc) is 2.83. The van der Waals surface area contributed by atoms with E-state index in [4.69, 9.17) is 18.0 Å². The average molecular weight is 504 g/mol. The monoisotopic (exact) mass is 503 g/mol. The fourth-order valence-corrected chi connectivity index (χ4v) is 5.08. The van der Waals surface area contributed by atoms with Crippen LogP contribution in [-0.2, 0) is 10.0 Å². The van der Waals surface area contributed by atoms with Gasteiger partial charge in [0.2, 0.25) is 0 Å². The van der Waals surface area contributed by atoms with Gasteiger partial charge in [0.05, 0.1) is 4.90 Å². The number of fused-ring (bicyclic) bond motifs is 1. The molecule has 9 heteroatoms. The first-order valence-electron chi connectivity index (χ1n) is 10.5. The normalized spacial score (nSPS) is 11.1. The highest BCUT2D eigenvalue weighted by molar-refractivity contribution is 7.90. The number of nitrogens with two attached hydrogens (primary N) is 1. The maximum Gasteiger partial charge on any atom is 0.275 e. The molecule has 4 aromatic carbocycles. The minimum Gasteiger partial charge on any atom is -0.376 e. The summed E-state index contributed by atoms with van der Waals surface area (Å²) in [5, 5.41) is 4.34. The van der Waals surface area contributed by atoms with E-state index < -0.39 is 21.8 Å². The van der Waals surface area contributed by atoms with Crippen LogP contribution in [-0.4, -0.2) is 29.6 Å². The van der Waals surface area contributed by atoms with Crippen molar-refractivity contribution in [2.24, 2.45) is 5.73 Å². The second kappa shape index (κ2) is 9.65. The topological polar surface area (TPSA) is 110 Å². The molecule has 0 heterocycles. The van der Waals surface area contributed by atoms with Crippen molar-refractivity contribution in [1.82, 2.24) is 4.31 Å². The van der Waals surface area contributed by atoms with E-state index in [1.54, 1.807) is 37.3 Å². The molecule has 0 aliphatic rings. The van der Waals surface area contributed by atoms with Crippen LogP contribution in [0.5, 0.6) is 0 Å². The largest absolute Gasteiger partial charge is 0.376 e. The summed E-state index contributed by atoms with van der Waals surface area (Å²) in [5.74, 6) is -1.89. The number of aryl methyl sites for hydroxylation is 1. The molecule has 0 fully saturated rings. The molecule has 3 N–H and O–H groups in total. The number of carbonyl (C=O) groups excluding carboxylic acids is 2. The number of nitrogens with zero attached hydrogens (tertiary/aromatic N) is 1. The van der Waals surface area contributed by atoms with Crippen molar-refractivity contribution < 1.29 is 18.0 Å². The van der Waals surface area contributed by atoms with Gasteiger partial charge in [-0.15, -0.1) is 0 Å². The molecule has 0 bridgehead atoms. The maximum atomic E-state index is 13.7. The zero-order valence-corrected chi connectivity index (χ0v) is 20.3. The number of hydrogen-bond donors (Lipinski definition) is 2. The Balaban J connectivity index is 1.83. The van der Waals surface area contributed by atoms with Crippen LogP contribution in [0.3, 0.4) is 0 Å². The van der Waals surface area contributed by atoms with Crippen molar-refractivity contribution in [2.45, 2.75) is 11.8 Å². The van der Waals surface area contributed by atoms with Crippen LogP contribution in [0.15, 0.2) is 95.9 Å². The van der Waals surface area contributed by atoms with Crippen LogP contribution in [0, 0.1) is 6.92 Å². The van der Waals surface area contributed by atoms with Gasteiger partial charge in [0.15, 0.2) is 5.11 Å². The molecule has 4 rings (SSSR count). The van der Waals surface area contributed by atoms with E-state index in [1.807, 2.05) is 24.3 Å². The standard InChI is InChI=1S/C26H21N3O4S2/c1-17-6-2-5-9-23(17)25(31)29(24(30)20-11-10-18-7-3-4-8-19(18)16-20)35(32,33)22-14-12-21(13-15-22)28-26(27)34/h2-16H,1H3,(H3,27,28,34). The summed E-state index contributed by atoms with van der Waals surface area (Å²) in [5.41, 5.74) is 6.65. The first-order chi connectivity index (χ1) is 16.7. The third-order valence-corrected chi connectivity index (χ3v) is 7.18. The highest BCUT2D eigenvalue weighted by atomic mass is 32.2. The van der Waals surface area contributed by atoms with Crippen molar-refractivity contribution >= 4 is 55.6 Å². The first-order valence-corrected chi connectivity index (χ1v) is 12.4. The number of imide groups is 1. The summed E-state index contributed by atoms with van der Waals surface area (Å²) in [6.45, 7) is 1.68. The molecule has 0 aliphatic carbocycles. The molecular weight excluding hydrogens is 482 g/mol. The van der Waals surface area contributed by atoms with Gasteiger partial charge in [-0.3, -0.25) is 9.59 Å². The molecule has 0 aromatic heterocycles. The second-order valence-electron chi connectivity index (χ2n) is 7.77. The molecule has 2 amide bonds. The molecule has 0 radical (unpaired) electrons. The van der Waals surface area contributed by atoms with Gasteiger partial charge in [-0.25, -0.2) is 8.42 Å². The number of carbonyl (C=O) groups is 2. The predicted molar refractivity (Wildman–Crippen MR) is 140 cm³/mol. The zero-order valence-electron chi connectivity index (χ0n) is 18.6. The molecule has 0 saturated carbocycles. The maximum absolute atomic E-state index is 13.7. The summed E-state index contributed by atoms with van der Waals surface area (Å²) < 4.78 is 27.7. The van der Waals surface area contributed by atoms with Crippen molar-refractivity contribution in [3.63, 3.8) is 0 Å². The summed E-state index contributed by atoms with van der Waals surface area (Å²) in [6.07, 6.45) is 0. The number of nitrogens with one attached hydrogen (secondary N) is 1. The smallest absolute Gasteiger partial charge is 0.275 e. The second-order valence-corrected chi connectivity index (χ2v) is 10.00. The van der Waals surface area contributed by atoms with Crippen LogP contribution >= 0.6 is 12.2 Å². The lowest BCUT2D eigenvalue weighted by atomic mass is 10.1. The number of benzene rings is 4. The van der Waals surface area contributed by atoms with Gasteiger partial charge in [-0.1, -0.05) is 48.5 Å². The lowest BCUT2D eigenvalue weighted by Gasteiger charge is -2.22. The van der Waals surface area contributed by atoms with Gasteiger partial charge in [-0.05, 0) is 77.9 Å². The van der Waals surface area contributed by atoms with Gasteiger partial charge in [0, 0.05) is 16.8 Å². The van der Waals surface area contributed by atoms with Crippen molar-refractivity contribution in [1.29, 1.82) is 0 Å². The molecule has 0 saturated heterocycles. The molecule has 0 aliphatic heterocycles. The van der Waals surface area contributed by atoms with Crippen LogP contribution in [0.1, 0.15) is 26.3 Å². The number of sulfonamides is 1. The van der Waals surface area contributed by atoms with Crippen LogP contribution in [0.25, 0.3) is 10.8 Å². The highest BCUT2D eigenvalue weighted by Crippen LogP contribution is 2.25. The van der Waals surface area contributed by atoms with Gasteiger partial charge in [0.25, 0.3) is 21.8 Å². The first kappa shape index (κ1) is 24.1. The van der Waals surface area contributed by atoms with E-state index in [0.717, 1.165) is 10.8 Å². The Labute approximate surface area is 208 Å². The Morgan fingerprint density at radius 2 is 1.46 bits per heavy atom. The number of anilines is 1. The minimum absolute atomic E-state index is 0.0171. The van der Waals surface area contributed by atoms with Crippen molar-refractivity contribution in [3.05, 3.63) is 108 Å². The SMILES string of the molecule is Cc1ccccc1C(=O)N(C(=O)c1ccc2ccccc2c1)S(=O)(=O)c1ccc(NC(N)=S)cc1. The molecular formula is C26H21N3O4S2. The fourth-order valence-electron chi connectivity index (χ4n) is 3.63. The van der Waals surface area contributed by atoms with E-state index in [2.05, 4.69) is 5.32 Å². The molecule has 4 aromatic rings. The quantitative estimate of drug-likeness (QED) is 0.305. The van der Waals surface area contributed by atoms with Crippen LogP contribution in [0.2, 0.25) is 0 Å². The molecule has 35 heavy (non-hydrogen) atoms. The molecule has 0 unspecified atom stereocenters. The minimum atomic E-state index is -4.57. The predicted octanol–water partition coefficient (Wildman–Crippen LogP) is 4.48. The van der Waals surface area contributed by atoms with E-state index >= 15 is 0 Å². The third kappa shape index (κ3) is 4.91.